The molecule has 0 spiro atoms. The van der Waals surface area contributed by atoms with Gasteiger partial charge in [0.25, 0.3) is 5.91 Å². The van der Waals surface area contributed by atoms with Crippen molar-refractivity contribution >= 4 is 17.3 Å². The number of amides is 1. The van der Waals surface area contributed by atoms with Crippen LogP contribution in [0.4, 0.5) is 11.4 Å². The van der Waals surface area contributed by atoms with Gasteiger partial charge in [0.2, 0.25) is 0 Å². The van der Waals surface area contributed by atoms with Gasteiger partial charge in [-0.3, -0.25) is 4.79 Å². The third-order valence-corrected chi connectivity index (χ3v) is 3.69. The molecule has 2 aromatic carbocycles. The summed E-state index contributed by atoms with van der Waals surface area (Å²) in [5, 5.41) is 14.8. The molecule has 0 fully saturated rings. The molecule has 26 heavy (non-hydrogen) atoms. The number of rotatable bonds is 5. The molecule has 1 unspecified atom stereocenters. The second kappa shape index (κ2) is 7.94. The first kappa shape index (κ1) is 17.2. The van der Waals surface area contributed by atoms with Crippen LogP contribution in [0.2, 0.25) is 0 Å². The number of para-hydroxylation sites is 2. The normalized spacial score (nSPS) is 15.7. The number of fused-ring (bicyclic) bond motifs is 1. The highest BCUT2D eigenvalue weighted by atomic mass is 16.6. The van der Waals surface area contributed by atoms with Gasteiger partial charge in [-0.1, -0.05) is 12.1 Å². The number of nitriles is 1. The minimum absolute atomic E-state index is 0.0426. The quantitative estimate of drug-likeness (QED) is 0.432. The number of benzene rings is 2. The molecule has 0 aromatic heterocycles. The van der Waals surface area contributed by atoms with Gasteiger partial charge in [-0.25, -0.2) is 0 Å². The van der Waals surface area contributed by atoms with E-state index in [0.29, 0.717) is 36.0 Å². The third-order valence-electron chi connectivity index (χ3n) is 3.69. The highest BCUT2D eigenvalue weighted by Gasteiger charge is 2.20. The van der Waals surface area contributed by atoms with E-state index < -0.39 is 5.91 Å². The number of nitrogens with zero attached hydrogens (tertiary/aromatic N) is 1. The van der Waals surface area contributed by atoms with Crippen molar-refractivity contribution in [3.05, 3.63) is 60.3 Å². The molecule has 4 N–H and O–H groups in total. The highest BCUT2D eigenvalue weighted by molar-refractivity contribution is 6.06. The van der Waals surface area contributed by atoms with Crippen molar-refractivity contribution in [2.45, 2.75) is 6.10 Å². The minimum atomic E-state index is -0.504. The first-order valence-electron chi connectivity index (χ1n) is 8.05. The molecule has 7 heteroatoms. The first-order chi connectivity index (χ1) is 12.7. The Morgan fingerprint density at radius 2 is 1.96 bits per heavy atom. The molecule has 0 saturated carbocycles. The summed E-state index contributed by atoms with van der Waals surface area (Å²) in [6.07, 6.45) is 1.15. The van der Waals surface area contributed by atoms with Crippen molar-refractivity contribution < 1.29 is 14.3 Å². The molecule has 3 rings (SSSR count). The van der Waals surface area contributed by atoms with Crippen LogP contribution in [0.5, 0.6) is 11.5 Å². The number of hydrogen-bond acceptors (Lipinski definition) is 6. The second-order valence-corrected chi connectivity index (χ2v) is 5.65. The predicted molar refractivity (Wildman–Crippen MR) is 97.5 cm³/mol. The van der Waals surface area contributed by atoms with Crippen LogP contribution in [-0.4, -0.2) is 25.2 Å². The van der Waals surface area contributed by atoms with Crippen LogP contribution in [-0.2, 0) is 4.79 Å². The lowest BCUT2D eigenvalue weighted by atomic mass is 10.2. The van der Waals surface area contributed by atoms with Gasteiger partial charge >= 0.3 is 0 Å². The Hall–Kier alpha value is -3.66. The van der Waals surface area contributed by atoms with E-state index in [-0.39, 0.29) is 11.7 Å². The summed E-state index contributed by atoms with van der Waals surface area (Å²) in [6, 6.07) is 16.0. The Morgan fingerprint density at radius 3 is 2.69 bits per heavy atom. The van der Waals surface area contributed by atoms with Crippen LogP contribution in [0.1, 0.15) is 0 Å². The van der Waals surface area contributed by atoms with Crippen LogP contribution in [0, 0.1) is 11.3 Å². The van der Waals surface area contributed by atoms with E-state index in [1.54, 1.807) is 24.3 Å². The Morgan fingerprint density at radius 1 is 1.23 bits per heavy atom. The molecule has 0 radical (unpaired) electrons. The maximum atomic E-state index is 12.1. The van der Waals surface area contributed by atoms with Gasteiger partial charge in [-0.05, 0) is 36.4 Å². The first-order valence-corrected chi connectivity index (χ1v) is 8.05. The molecule has 1 aliphatic heterocycles. The van der Waals surface area contributed by atoms with Crippen LogP contribution in [0.25, 0.3) is 0 Å². The van der Waals surface area contributed by atoms with E-state index in [0.717, 1.165) is 0 Å². The molecule has 0 saturated heterocycles. The molecular formula is C19H18N4O3. The van der Waals surface area contributed by atoms with Gasteiger partial charge in [0, 0.05) is 17.6 Å². The van der Waals surface area contributed by atoms with E-state index in [4.69, 9.17) is 15.2 Å². The monoisotopic (exact) mass is 350 g/mol. The second-order valence-electron chi connectivity index (χ2n) is 5.65. The van der Waals surface area contributed by atoms with Crippen molar-refractivity contribution in [2.24, 2.45) is 0 Å². The number of anilines is 2. The zero-order chi connectivity index (χ0) is 18.4. The Balaban J connectivity index is 1.54. The average molecular weight is 350 g/mol. The largest absolute Gasteiger partial charge is 0.486 e. The molecule has 1 atom stereocenters. The molecule has 2 aromatic rings. The lowest BCUT2D eigenvalue weighted by molar-refractivity contribution is -0.112. The van der Waals surface area contributed by atoms with Crippen molar-refractivity contribution in [3.63, 3.8) is 0 Å². The molecule has 1 heterocycles. The number of carbonyl (C=O) groups excluding carboxylic acids is 1. The summed E-state index contributed by atoms with van der Waals surface area (Å²) in [5.41, 5.74) is 6.71. The summed E-state index contributed by atoms with van der Waals surface area (Å²) in [4.78, 5) is 12.1. The number of nitrogens with one attached hydrogen (secondary N) is 2. The SMILES string of the molecule is N#C/C(=C/NCC1COc2ccccc2O1)C(=O)Nc1ccc(N)cc1. The fraction of sp³-hybridized carbons (Fsp3) is 0.158. The van der Waals surface area contributed by atoms with E-state index in [1.165, 1.54) is 6.20 Å². The minimum Gasteiger partial charge on any atom is -0.486 e. The van der Waals surface area contributed by atoms with Crippen LogP contribution in [0.3, 0.4) is 0 Å². The highest BCUT2D eigenvalue weighted by Crippen LogP contribution is 2.30. The van der Waals surface area contributed by atoms with Gasteiger partial charge in [0.1, 0.15) is 24.4 Å². The summed E-state index contributed by atoms with van der Waals surface area (Å²) in [5.74, 6) is 0.881. The maximum absolute atomic E-state index is 12.1. The zero-order valence-electron chi connectivity index (χ0n) is 13.9. The summed E-state index contributed by atoms with van der Waals surface area (Å²) >= 11 is 0. The van der Waals surface area contributed by atoms with Crippen molar-refractivity contribution in [1.29, 1.82) is 5.26 Å². The lowest BCUT2D eigenvalue weighted by Gasteiger charge is -2.26. The van der Waals surface area contributed by atoms with Gasteiger partial charge in [-0.2, -0.15) is 5.26 Å². The fourth-order valence-electron chi connectivity index (χ4n) is 2.37. The lowest BCUT2D eigenvalue weighted by Crippen LogP contribution is -2.37. The molecule has 7 nitrogen and oxygen atoms in total. The van der Waals surface area contributed by atoms with Crippen molar-refractivity contribution in [1.82, 2.24) is 5.32 Å². The Kier molecular flexibility index (Phi) is 5.25. The molecule has 132 valence electrons. The topological polar surface area (TPSA) is 109 Å². The Labute approximate surface area is 151 Å². The van der Waals surface area contributed by atoms with Crippen LogP contribution >= 0.6 is 0 Å². The summed E-state index contributed by atoms with van der Waals surface area (Å²) in [7, 11) is 0. The van der Waals surface area contributed by atoms with E-state index >= 15 is 0 Å². The van der Waals surface area contributed by atoms with E-state index in [9.17, 15) is 10.1 Å². The van der Waals surface area contributed by atoms with E-state index in [2.05, 4.69) is 10.6 Å². The number of ether oxygens (including phenoxy) is 2. The van der Waals surface area contributed by atoms with Gasteiger partial charge < -0.3 is 25.8 Å². The predicted octanol–water partition coefficient (Wildman–Crippen LogP) is 2.04. The van der Waals surface area contributed by atoms with Crippen molar-refractivity contribution in [3.8, 4) is 17.6 Å². The standard InChI is InChI=1S/C19H18N4O3/c20-9-13(19(24)23-15-7-5-14(21)6-8-15)10-22-11-16-12-25-17-3-1-2-4-18(17)26-16/h1-8,10,16,22H,11-12,21H2,(H,23,24)/b13-10-. The van der Waals surface area contributed by atoms with Gasteiger partial charge in [-0.15, -0.1) is 0 Å². The molecule has 0 aliphatic carbocycles. The molecule has 1 amide bonds. The van der Waals surface area contributed by atoms with Gasteiger partial charge in [0.05, 0.1) is 6.54 Å². The summed E-state index contributed by atoms with van der Waals surface area (Å²) < 4.78 is 11.4. The van der Waals surface area contributed by atoms with Crippen LogP contribution < -0.4 is 25.8 Å². The van der Waals surface area contributed by atoms with E-state index in [1.807, 2.05) is 30.3 Å². The molecular weight excluding hydrogens is 332 g/mol. The number of carbonyl (C=O) groups is 1. The molecule has 1 aliphatic rings. The van der Waals surface area contributed by atoms with Crippen molar-refractivity contribution in [2.75, 3.05) is 24.2 Å². The molecule has 0 bridgehead atoms. The smallest absolute Gasteiger partial charge is 0.267 e. The fourth-order valence-corrected chi connectivity index (χ4v) is 2.37. The average Bonchev–Trinajstić information content (AvgIpc) is 2.67. The number of hydrogen-bond donors (Lipinski definition) is 3. The zero-order valence-corrected chi connectivity index (χ0v) is 13.9. The number of nitrogen functional groups attached to an aromatic ring is 1. The summed E-state index contributed by atoms with van der Waals surface area (Å²) in [6.45, 7) is 0.784. The Bertz CT molecular complexity index is 856. The maximum Gasteiger partial charge on any atom is 0.267 e. The van der Waals surface area contributed by atoms with Gasteiger partial charge in [0.15, 0.2) is 11.5 Å². The third kappa shape index (κ3) is 4.24. The number of nitrogens with two attached hydrogens (primary N) is 1. The van der Waals surface area contributed by atoms with Crippen LogP contribution in [0.15, 0.2) is 60.3 Å².